The van der Waals surface area contributed by atoms with Gasteiger partial charge in [0.15, 0.2) is 5.75 Å². The number of pyridine rings is 1. The number of carbonyl (C=O) groups excluding carboxylic acids is 2. The van der Waals surface area contributed by atoms with Gasteiger partial charge >= 0.3 is 6.09 Å². The van der Waals surface area contributed by atoms with Crippen LogP contribution >= 0.6 is 0 Å². The van der Waals surface area contributed by atoms with Crippen molar-refractivity contribution in [3.8, 4) is 5.75 Å². The molecular formula is C20H21N3O5. The third-order valence-corrected chi connectivity index (χ3v) is 5.33. The number of nitrogens with zero attached hydrogens (tertiary/aromatic N) is 2. The maximum atomic E-state index is 13.0. The van der Waals surface area contributed by atoms with E-state index in [4.69, 9.17) is 9.47 Å². The zero-order valence-corrected chi connectivity index (χ0v) is 15.5. The number of amides is 2. The standard InChI is InChI=1S/C20H21N3O5/c1-27-17-11-21-15(9-16(17)24)18(25)22-7-8-23-19(26)28-13-20(23,12-22)10-14-5-3-2-4-6-14/h2-6,9,11H,7-8,10,12-13H2,1H3,(H,21,24). The molecule has 0 radical (unpaired) electrons. The van der Waals surface area contributed by atoms with Crippen molar-refractivity contribution in [2.75, 3.05) is 33.4 Å². The summed E-state index contributed by atoms with van der Waals surface area (Å²) in [6, 6.07) is 11.1. The molecule has 1 atom stereocenters. The van der Waals surface area contributed by atoms with E-state index in [2.05, 4.69) is 4.98 Å². The van der Waals surface area contributed by atoms with E-state index in [-0.39, 0.29) is 35.5 Å². The summed E-state index contributed by atoms with van der Waals surface area (Å²) in [6.45, 7) is 1.32. The van der Waals surface area contributed by atoms with Gasteiger partial charge < -0.3 is 19.4 Å². The van der Waals surface area contributed by atoms with E-state index in [1.54, 1.807) is 9.80 Å². The second-order valence-electron chi connectivity index (χ2n) is 7.10. The Labute approximate surface area is 161 Å². The normalized spacial score (nSPS) is 21.2. The lowest BCUT2D eigenvalue weighted by atomic mass is 9.88. The number of hydrogen-bond acceptors (Lipinski definition) is 5. The van der Waals surface area contributed by atoms with Crippen LogP contribution < -0.4 is 10.2 Å². The third-order valence-electron chi connectivity index (χ3n) is 5.33. The first kappa shape index (κ1) is 18.1. The Morgan fingerprint density at radius 1 is 1.25 bits per heavy atom. The van der Waals surface area contributed by atoms with Crippen LogP contribution in [0, 0.1) is 0 Å². The highest BCUT2D eigenvalue weighted by Crippen LogP contribution is 2.32. The number of hydrogen-bond donors (Lipinski definition) is 1. The number of cyclic esters (lactones) is 1. The maximum Gasteiger partial charge on any atom is 0.410 e. The summed E-state index contributed by atoms with van der Waals surface area (Å²) in [5.41, 5.74) is 0.290. The lowest BCUT2D eigenvalue weighted by Gasteiger charge is -2.44. The highest BCUT2D eigenvalue weighted by Gasteiger charge is 2.51. The Kier molecular flexibility index (Phi) is 4.54. The van der Waals surface area contributed by atoms with Gasteiger partial charge in [-0.2, -0.15) is 0 Å². The smallest absolute Gasteiger partial charge is 0.410 e. The molecule has 1 unspecified atom stereocenters. The van der Waals surface area contributed by atoms with Gasteiger partial charge in [0.05, 0.1) is 7.11 Å². The number of aromatic nitrogens is 1. The van der Waals surface area contributed by atoms with Crippen LogP contribution in [0.4, 0.5) is 4.79 Å². The number of benzene rings is 1. The topological polar surface area (TPSA) is 91.9 Å². The highest BCUT2D eigenvalue weighted by atomic mass is 16.6. The van der Waals surface area contributed by atoms with Crippen molar-refractivity contribution in [2.24, 2.45) is 0 Å². The van der Waals surface area contributed by atoms with Gasteiger partial charge in [-0.1, -0.05) is 30.3 Å². The Morgan fingerprint density at radius 3 is 2.75 bits per heavy atom. The van der Waals surface area contributed by atoms with Crippen LogP contribution in [0.15, 0.2) is 47.4 Å². The first-order valence-corrected chi connectivity index (χ1v) is 9.07. The zero-order valence-electron chi connectivity index (χ0n) is 15.5. The van der Waals surface area contributed by atoms with Crippen LogP contribution in [0.2, 0.25) is 0 Å². The van der Waals surface area contributed by atoms with Crippen LogP contribution in [0.5, 0.6) is 5.75 Å². The van der Waals surface area contributed by atoms with Gasteiger partial charge in [-0.3, -0.25) is 14.5 Å². The minimum atomic E-state index is -0.612. The lowest BCUT2D eigenvalue weighted by molar-refractivity contribution is 0.0371. The third kappa shape index (κ3) is 3.11. The van der Waals surface area contributed by atoms with Crippen LogP contribution in [0.3, 0.4) is 0 Å². The fourth-order valence-electron chi connectivity index (χ4n) is 3.92. The van der Waals surface area contributed by atoms with Crippen molar-refractivity contribution >= 4 is 12.0 Å². The van der Waals surface area contributed by atoms with Gasteiger partial charge in [0.1, 0.15) is 17.8 Å². The van der Waals surface area contributed by atoms with Crippen LogP contribution in [0.1, 0.15) is 16.1 Å². The van der Waals surface area contributed by atoms with E-state index < -0.39 is 5.54 Å². The Hall–Kier alpha value is -3.29. The van der Waals surface area contributed by atoms with Crippen molar-refractivity contribution in [3.63, 3.8) is 0 Å². The number of ether oxygens (including phenoxy) is 2. The maximum absolute atomic E-state index is 13.0. The summed E-state index contributed by atoms with van der Waals surface area (Å²) in [4.78, 5) is 43.4. The molecule has 2 fully saturated rings. The summed E-state index contributed by atoms with van der Waals surface area (Å²) in [6.07, 6.45) is 1.62. The molecule has 2 aliphatic heterocycles. The lowest BCUT2D eigenvalue weighted by Crippen LogP contribution is -2.63. The first-order chi connectivity index (χ1) is 13.5. The molecule has 2 aliphatic rings. The fourth-order valence-corrected chi connectivity index (χ4v) is 3.92. The molecule has 1 aromatic heterocycles. The highest BCUT2D eigenvalue weighted by molar-refractivity contribution is 5.92. The average molecular weight is 383 g/mol. The van der Waals surface area contributed by atoms with E-state index in [1.165, 1.54) is 19.4 Å². The number of rotatable bonds is 4. The fraction of sp³-hybridized carbons (Fsp3) is 0.350. The summed E-state index contributed by atoms with van der Waals surface area (Å²) >= 11 is 0. The molecule has 1 N–H and O–H groups in total. The second kappa shape index (κ2) is 7.03. The molecule has 0 saturated carbocycles. The van der Waals surface area contributed by atoms with Crippen molar-refractivity contribution in [3.05, 3.63) is 64.1 Å². The number of piperazine rings is 1. The van der Waals surface area contributed by atoms with E-state index in [0.29, 0.717) is 26.1 Å². The minimum Gasteiger partial charge on any atom is -0.491 e. The predicted octanol–water partition coefficient (Wildman–Crippen LogP) is 1.27. The van der Waals surface area contributed by atoms with Gasteiger partial charge in [-0.15, -0.1) is 0 Å². The number of aromatic amines is 1. The molecule has 2 saturated heterocycles. The Morgan fingerprint density at radius 2 is 2.04 bits per heavy atom. The molecule has 146 valence electrons. The van der Waals surface area contributed by atoms with Crippen molar-refractivity contribution in [2.45, 2.75) is 12.0 Å². The molecule has 3 heterocycles. The van der Waals surface area contributed by atoms with Crippen molar-refractivity contribution in [1.82, 2.24) is 14.8 Å². The van der Waals surface area contributed by atoms with Crippen molar-refractivity contribution in [1.29, 1.82) is 0 Å². The molecule has 8 heteroatoms. The first-order valence-electron chi connectivity index (χ1n) is 9.07. The summed E-state index contributed by atoms with van der Waals surface area (Å²) in [5.74, 6) is -0.136. The van der Waals surface area contributed by atoms with Crippen molar-refractivity contribution < 1.29 is 19.1 Å². The number of nitrogens with one attached hydrogen (secondary N) is 1. The number of H-pyrrole nitrogens is 1. The van der Waals surface area contributed by atoms with Crippen LogP contribution in [-0.2, 0) is 11.2 Å². The number of fused-ring (bicyclic) bond motifs is 1. The monoisotopic (exact) mass is 383 g/mol. The largest absolute Gasteiger partial charge is 0.491 e. The average Bonchev–Trinajstić information content (AvgIpc) is 3.03. The van der Waals surface area contributed by atoms with E-state index in [1.807, 2.05) is 30.3 Å². The van der Waals surface area contributed by atoms with Gasteiger partial charge in [-0.05, 0) is 5.56 Å². The number of carbonyl (C=O) groups is 2. The van der Waals surface area contributed by atoms with Crippen LogP contribution in [0.25, 0.3) is 0 Å². The molecule has 0 spiro atoms. The molecular weight excluding hydrogens is 362 g/mol. The number of methoxy groups -OCH3 is 1. The summed E-state index contributed by atoms with van der Waals surface area (Å²) < 4.78 is 10.3. The van der Waals surface area contributed by atoms with Gasteiger partial charge in [0.25, 0.3) is 5.91 Å². The van der Waals surface area contributed by atoms with Gasteiger partial charge in [-0.25, -0.2) is 4.79 Å². The zero-order chi connectivity index (χ0) is 19.7. The Balaban J connectivity index is 1.60. The quantitative estimate of drug-likeness (QED) is 0.859. The molecule has 8 nitrogen and oxygen atoms in total. The van der Waals surface area contributed by atoms with E-state index in [9.17, 15) is 14.4 Å². The van der Waals surface area contributed by atoms with Crippen LogP contribution in [-0.4, -0.2) is 65.7 Å². The molecule has 0 aliphatic carbocycles. The molecule has 28 heavy (non-hydrogen) atoms. The van der Waals surface area contributed by atoms with E-state index in [0.717, 1.165) is 5.56 Å². The molecule has 0 bridgehead atoms. The predicted molar refractivity (Wildman–Crippen MR) is 100 cm³/mol. The summed E-state index contributed by atoms with van der Waals surface area (Å²) in [5, 5.41) is 0. The molecule has 1 aromatic carbocycles. The van der Waals surface area contributed by atoms with E-state index >= 15 is 0 Å². The SMILES string of the molecule is COc1c[nH]c(C(=O)N2CCN3C(=O)OCC3(Cc3ccccc3)C2)cc1=O. The van der Waals surface area contributed by atoms with Gasteiger partial charge in [0, 0.05) is 38.3 Å². The summed E-state index contributed by atoms with van der Waals surface area (Å²) in [7, 11) is 1.40. The molecule has 2 aromatic rings. The van der Waals surface area contributed by atoms with Gasteiger partial charge in [0.2, 0.25) is 5.43 Å². The second-order valence-corrected chi connectivity index (χ2v) is 7.10. The molecule has 4 rings (SSSR count). The minimum absolute atomic E-state index is 0.150. The Bertz CT molecular complexity index is 958. The molecule has 2 amide bonds.